The fraction of sp³-hybridized carbons (Fsp3) is 0.533. The number of hydrogen-bond donors (Lipinski definition) is 1. The number of carboxylic acids is 1. The zero-order valence-electron chi connectivity index (χ0n) is 12.3. The summed E-state index contributed by atoms with van der Waals surface area (Å²) < 4.78 is 0. The van der Waals surface area contributed by atoms with Crippen molar-refractivity contribution in [2.24, 2.45) is 0 Å². The Morgan fingerprint density at radius 1 is 1.48 bits per heavy atom. The summed E-state index contributed by atoms with van der Waals surface area (Å²) in [6.45, 7) is 4.36. The Bertz CT molecular complexity index is 573. The lowest BCUT2D eigenvalue weighted by molar-refractivity contribution is -0.384. The van der Waals surface area contributed by atoms with Gasteiger partial charge < -0.3 is 10.0 Å². The number of aliphatic carboxylic acids is 1. The molecule has 1 saturated heterocycles. The zero-order valence-corrected chi connectivity index (χ0v) is 12.3. The van der Waals surface area contributed by atoms with Crippen molar-refractivity contribution in [2.45, 2.75) is 45.1 Å². The lowest BCUT2D eigenvalue weighted by Gasteiger charge is -2.36. The predicted octanol–water partition coefficient (Wildman–Crippen LogP) is 3.13. The number of nitro groups is 1. The van der Waals surface area contributed by atoms with Crippen molar-refractivity contribution in [2.75, 3.05) is 11.4 Å². The Hall–Kier alpha value is -2.11. The molecule has 0 spiro atoms. The molecule has 0 aliphatic carbocycles. The fourth-order valence-electron chi connectivity index (χ4n) is 3.26. The molecular weight excluding hydrogens is 272 g/mol. The highest BCUT2D eigenvalue weighted by atomic mass is 16.6. The van der Waals surface area contributed by atoms with Crippen molar-refractivity contribution >= 4 is 17.3 Å². The van der Waals surface area contributed by atoms with Crippen molar-refractivity contribution in [3.8, 4) is 0 Å². The van der Waals surface area contributed by atoms with E-state index in [9.17, 15) is 20.0 Å². The first-order valence-corrected chi connectivity index (χ1v) is 7.18. The summed E-state index contributed by atoms with van der Waals surface area (Å²) in [6, 6.07) is 4.80. The SMILES string of the molecule is CCCC1(C(=O)O)CCCN1c1cc(C)cc([N+](=O)[O-])c1. The molecule has 0 bridgehead atoms. The van der Waals surface area contributed by atoms with E-state index in [1.165, 1.54) is 12.1 Å². The minimum absolute atomic E-state index is 0.00712. The molecule has 1 aromatic carbocycles. The Balaban J connectivity index is 2.48. The normalized spacial score (nSPS) is 21.5. The van der Waals surface area contributed by atoms with Crippen molar-refractivity contribution in [3.05, 3.63) is 33.9 Å². The topological polar surface area (TPSA) is 83.7 Å². The maximum absolute atomic E-state index is 11.8. The molecule has 0 aromatic heterocycles. The van der Waals surface area contributed by atoms with Gasteiger partial charge in [-0.15, -0.1) is 0 Å². The minimum atomic E-state index is -0.934. The van der Waals surface area contributed by atoms with Crippen LogP contribution in [-0.4, -0.2) is 28.1 Å². The van der Waals surface area contributed by atoms with Crippen molar-refractivity contribution in [1.29, 1.82) is 0 Å². The summed E-state index contributed by atoms with van der Waals surface area (Å²) in [5.74, 6) is -0.842. The van der Waals surface area contributed by atoms with Crippen LogP contribution in [0.15, 0.2) is 18.2 Å². The van der Waals surface area contributed by atoms with Gasteiger partial charge in [-0.1, -0.05) is 13.3 Å². The van der Waals surface area contributed by atoms with Gasteiger partial charge in [0.15, 0.2) is 0 Å². The number of carbonyl (C=O) groups is 1. The zero-order chi connectivity index (χ0) is 15.6. The highest BCUT2D eigenvalue weighted by Crippen LogP contribution is 2.39. The van der Waals surface area contributed by atoms with Gasteiger partial charge >= 0.3 is 5.97 Å². The second-order valence-electron chi connectivity index (χ2n) is 5.63. The van der Waals surface area contributed by atoms with Crippen molar-refractivity contribution < 1.29 is 14.8 Å². The highest BCUT2D eigenvalue weighted by Gasteiger charge is 2.47. The third kappa shape index (κ3) is 2.70. The molecule has 0 amide bonds. The van der Waals surface area contributed by atoms with Gasteiger partial charge in [0.05, 0.1) is 4.92 Å². The van der Waals surface area contributed by atoms with Crippen LogP contribution in [0, 0.1) is 17.0 Å². The Labute approximate surface area is 123 Å². The van der Waals surface area contributed by atoms with Crippen LogP contribution in [0.1, 0.15) is 38.2 Å². The smallest absolute Gasteiger partial charge is 0.329 e. The molecule has 6 heteroatoms. The number of non-ortho nitro benzene ring substituents is 1. The molecule has 0 saturated carbocycles. The molecule has 1 aliphatic rings. The monoisotopic (exact) mass is 292 g/mol. The van der Waals surface area contributed by atoms with Crippen LogP contribution in [0.4, 0.5) is 11.4 Å². The molecule has 1 N–H and O–H groups in total. The van der Waals surface area contributed by atoms with Crippen LogP contribution in [0.2, 0.25) is 0 Å². The number of benzene rings is 1. The van der Waals surface area contributed by atoms with E-state index in [1.807, 2.05) is 17.9 Å². The summed E-state index contributed by atoms with van der Waals surface area (Å²) in [7, 11) is 0. The van der Waals surface area contributed by atoms with Crippen molar-refractivity contribution in [3.63, 3.8) is 0 Å². The molecule has 1 atom stereocenters. The number of anilines is 1. The first-order valence-electron chi connectivity index (χ1n) is 7.18. The maximum Gasteiger partial charge on any atom is 0.329 e. The van der Waals surface area contributed by atoms with E-state index in [-0.39, 0.29) is 5.69 Å². The van der Waals surface area contributed by atoms with Gasteiger partial charge in [-0.3, -0.25) is 10.1 Å². The second-order valence-corrected chi connectivity index (χ2v) is 5.63. The van der Waals surface area contributed by atoms with E-state index in [0.717, 1.165) is 18.4 Å². The Kier molecular flexibility index (Phi) is 4.16. The molecule has 2 rings (SSSR count). The van der Waals surface area contributed by atoms with Crippen LogP contribution in [-0.2, 0) is 4.79 Å². The van der Waals surface area contributed by atoms with Gasteiger partial charge in [0, 0.05) is 24.4 Å². The number of nitrogens with zero attached hydrogens (tertiary/aromatic N) is 2. The Morgan fingerprint density at radius 3 is 2.76 bits per heavy atom. The van der Waals surface area contributed by atoms with Crippen molar-refractivity contribution in [1.82, 2.24) is 0 Å². The van der Waals surface area contributed by atoms with E-state index < -0.39 is 16.4 Å². The van der Waals surface area contributed by atoms with Crippen LogP contribution in [0.25, 0.3) is 0 Å². The lowest BCUT2D eigenvalue weighted by Crippen LogP contribution is -2.50. The number of aryl methyl sites for hydroxylation is 1. The van der Waals surface area contributed by atoms with E-state index >= 15 is 0 Å². The largest absolute Gasteiger partial charge is 0.479 e. The number of rotatable bonds is 5. The van der Waals surface area contributed by atoms with E-state index in [4.69, 9.17) is 0 Å². The summed E-state index contributed by atoms with van der Waals surface area (Å²) in [6.07, 6.45) is 2.67. The number of nitro benzene ring substituents is 1. The predicted molar refractivity (Wildman–Crippen MR) is 79.7 cm³/mol. The average Bonchev–Trinajstić information content (AvgIpc) is 2.83. The minimum Gasteiger partial charge on any atom is -0.479 e. The standard InChI is InChI=1S/C15H20N2O4/c1-3-5-15(14(18)19)6-4-7-16(15)12-8-11(2)9-13(10-12)17(20)21/h8-10H,3-7H2,1-2H3,(H,18,19). The molecular formula is C15H20N2O4. The summed E-state index contributed by atoms with van der Waals surface area (Å²) >= 11 is 0. The average molecular weight is 292 g/mol. The molecule has 1 aliphatic heterocycles. The molecule has 1 heterocycles. The van der Waals surface area contributed by atoms with Gasteiger partial charge in [-0.25, -0.2) is 4.79 Å². The van der Waals surface area contributed by atoms with Crippen LogP contribution < -0.4 is 4.90 Å². The molecule has 0 radical (unpaired) electrons. The fourth-order valence-corrected chi connectivity index (χ4v) is 3.26. The van der Waals surface area contributed by atoms with E-state index in [1.54, 1.807) is 6.92 Å². The second kappa shape index (κ2) is 5.71. The molecule has 1 fully saturated rings. The third-order valence-electron chi connectivity index (χ3n) is 4.12. The lowest BCUT2D eigenvalue weighted by atomic mass is 9.90. The van der Waals surface area contributed by atoms with Crippen LogP contribution >= 0.6 is 0 Å². The third-order valence-corrected chi connectivity index (χ3v) is 4.12. The summed E-state index contributed by atoms with van der Waals surface area (Å²) in [4.78, 5) is 24.2. The number of hydrogen-bond acceptors (Lipinski definition) is 4. The Morgan fingerprint density at radius 2 is 2.19 bits per heavy atom. The summed E-state index contributed by atoms with van der Waals surface area (Å²) in [5.41, 5.74) is 0.473. The van der Waals surface area contributed by atoms with Crippen LogP contribution in [0.5, 0.6) is 0 Å². The quantitative estimate of drug-likeness (QED) is 0.666. The molecule has 6 nitrogen and oxygen atoms in total. The molecule has 1 aromatic rings. The first-order chi connectivity index (χ1) is 9.90. The van der Waals surface area contributed by atoms with Gasteiger partial charge in [0.2, 0.25) is 0 Å². The van der Waals surface area contributed by atoms with Gasteiger partial charge in [-0.2, -0.15) is 0 Å². The van der Waals surface area contributed by atoms with Gasteiger partial charge in [0.25, 0.3) is 5.69 Å². The van der Waals surface area contributed by atoms with Gasteiger partial charge in [-0.05, 0) is 37.8 Å². The molecule has 1 unspecified atom stereocenters. The number of carboxylic acid groups (broad SMARTS) is 1. The van der Waals surface area contributed by atoms with Gasteiger partial charge in [0.1, 0.15) is 5.54 Å². The molecule has 21 heavy (non-hydrogen) atoms. The van der Waals surface area contributed by atoms with Crippen LogP contribution in [0.3, 0.4) is 0 Å². The summed E-state index contributed by atoms with van der Waals surface area (Å²) in [5, 5.41) is 20.7. The first kappa shape index (κ1) is 15.3. The maximum atomic E-state index is 11.8. The highest BCUT2D eigenvalue weighted by molar-refractivity contribution is 5.84. The van der Waals surface area contributed by atoms with E-state index in [0.29, 0.717) is 25.1 Å². The van der Waals surface area contributed by atoms with E-state index in [2.05, 4.69) is 0 Å². The molecule has 114 valence electrons.